The maximum Gasteiger partial charge on any atom is 0.116 e. The fourth-order valence-electron chi connectivity index (χ4n) is 3.75. The van der Waals surface area contributed by atoms with E-state index in [1.54, 1.807) is 12.5 Å². The Morgan fingerprint density at radius 2 is 2.04 bits per heavy atom. The van der Waals surface area contributed by atoms with Crippen LogP contribution in [0.25, 0.3) is 10.9 Å². The fourth-order valence-corrected chi connectivity index (χ4v) is 4.08. The Balaban J connectivity index is 1.51. The van der Waals surface area contributed by atoms with Gasteiger partial charge in [-0.25, -0.2) is 9.97 Å². The van der Waals surface area contributed by atoms with Gasteiger partial charge in [-0.2, -0.15) is 0 Å². The smallest absolute Gasteiger partial charge is 0.116 e. The number of aromatic nitrogens is 2. The summed E-state index contributed by atoms with van der Waals surface area (Å²) in [5, 5.41) is 11.8. The molecule has 1 N–H and O–H groups in total. The van der Waals surface area contributed by atoms with E-state index in [1.807, 2.05) is 6.07 Å². The summed E-state index contributed by atoms with van der Waals surface area (Å²) in [5.41, 5.74) is 2.13. The van der Waals surface area contributed by atoms with Crippen molar-refractivity contribution in [2.24, 2.45) is 0 Å². The van der Waals surface area contributed by atoms with Crippen molar-refractivity contribution < 1.29 is 9.84 Å². The van der Waals surface area contributed by atoms with Gasteiger partial charge in [0.1, 0.15) is 6.33 Å². The molecule has 2 unspecified atom stereocenters. The van der Waals surface area contributed by atoms with Crippen molar-refractivity contribution in [1.29, 1.82) is 0 Å². The second-order valence-electron chi connectivity index (χ2n) is 6.44. The van der Waals surface area contributed by atoms with E-state index in [1.165, 1.54) is 5.56 Å². The lowest BCUT2D eigenvalue weighted by molar-refractivity contribution is 0.0663. The average Bonchev–Trinajstić information content (AvgIpc) is 3.00. The molecule has 122 valence electrons. The molecule has 2 aliphatic rings. The molecule has 2 atom stereocenters. The summed E-state index contributed by atoms with van der Waals surface area (Å²) in [4.78, 5) is 10.7. The topological polar surface area (TPSA) is 58.5 Å². The third kappa shape index (κ3) is 2.94. The summed E-state index contributed by atoms with van der Waals surface area (Å²) in [6, 6.07) is 4.22. The van der Waals surface area contributed by atoms with Crippen molar-refractivity contribution in [3.63, 3.8) is 0 Å². The van der Waals surface area contributed by atoms with Gasteiger partial charge in [0.05, 0.1) is 30.9 Å². The van der Waals surface area contributed by atoms with Gasteiger partial charge in [0.25, 0.3) is 0 Å². The largest absolute Gasteiger partial charge is 0.389 e. The van der Waals surface area contributed by atoms with Crippen molar-refractivity contribution in [2.45, 2.75) is 30.9 Å². The van der Waals surface area contributed by atoms with Crippen LogP contribution in [0.15, 0.2) is 24.7 Å². The molecule has 0 saturated carbocycles. The standard InChI is InChI=1S/C17H20ClN3O2/c18-14-5-12-7-19-10-20-15(12)6-13(14)11-1-3-21(4-2-11)16-8-23-9-17(16)22/h5-7,10-11,16-17,22H,1-4,8-9H2. The second kappa shape index (κ2) is 6.32. The summed E-state index contributed by atoms with van der Waals surface area (Å²) >= 11 is 6.49. The SMILES string of the molecule is OC1COCC1N1CCC(c2cc3ncncc3cc2Cl)CC1. The number of fused-ring (bicyclic) bond motifs is 1. The maximum absolute atomic E-state index is 9.98. The molecule has 2 saturated heterocycles. The molecule has 0 radical (unpaired) electrons. The summed E-state index contributed by atoms with van der Waals surface area (Å²) in [5.74, 6) is 0.442. The normalized spacial score (nSPS) is 26.9. The summed E-state index contributed by atoms with van der Waals surface area (Å²) in [6.45, 7) is 3.03. The highest BCUT2D eigenvalue weighted by atomic mass is 35.5. The number of ether oxygens (including phenoxy) is 1. The Morgan fingerprint density at radius 3 is 2.78 bits per heavy atom. The minimum Gasteiger partial charge on any atom is -0.389 e. The van der Waals surface area contributed by atoms with Crippen LogP contribution < -0.4 is 0 Å². The van der Waals surface area contributed by atoms with Crippen LogP contribution in [-0.4, -0.2) is 58.4 Å². The molecular weight excluding hydrogens is 314 g/mol. The Bertz CT molecular complexity index is 703. The molecule has 23 heavy (non-hydrogen) atoms. The number of aliphatic hydroxyl groups excluding tert-OH is 1. The zero-order chi connectivity index (χ0) is 15.8. The van der Waals surface area contributed by atoms with Crippen molar-refractivity contribution in [3.8, 4) is 0 Å². The van der Waals surface area contributed by atoms with Gasteiger partial charge in [-0.15, -0.1) is 0 Å². The predicted octanol–water partition coefficient (Wildman–Crippen LogP) is 2.22. The first-order chi connectivity index (χ1) is 11.2. The van der Waals surface area contributed by atoms with Crippen LogP contribution in [0.5, 0.6) is 0 Å². The first-order valence-corrected chi connectivity index (χ1v) is 8.49. The Kier molecular flexibility index (Phi) is 4.20. The van der Waals surface area contributed by atoms with Crippen LogP contribution in [0, 0.1) is 0 Å². The highest BCUT2D eigenvalue weighted by molar-refractivity contribution is 6.32. The van der Waals surface area contributed by atoms with E-state index < -0.39 is 0 Å². The molecule has 0 amide bonds. The summed E-state index contributed by atoms with van der Waals surface area (Å²) in [7, 11) is 0. The lowest BCUT2D eigenvalue weighted by Gasteiger charge is -2.36. The molecule has 4 rings (SSSR count). The number of hydrogen-bond acceptors (Lipinski definition) is 5. The van der Waals surface area contributed by atoms with Crippen LogP contribution in [-0.2, 0) is 4.74 Å². The van der Waals surface area contributed by atoms with E-state index in [4.69, 9.17) is 16.3 Å². The number of likely N-dealkylation sites (tertiary alicyclic amines) is 1. The van der Waals surface area contributed by atoms with Crippen molar-refractivity contribution in [2.75, 3.05) is 26.3 Å². The number of rotatable bonds is 2. The highest BCUT2D eigenvalue weighted by Gasteiger charge is 2.34. The van der Waals surface area contributed by atoms with Crippen LogP contribution >= 0.6 is 11.6 Å². The van der Waals surface area contributed by atoms with Gasteiger partial charge in [0.2, 0.25) is 0 Å². The lowest BCUT2D eigenvalue weighted by Crippen LogP contribution is -2.46. The van der Waals surface area contributed by atoms with Gasteiger partial charge in [0, 0.05) is 16.6 Å². The monoisotopic (exact) mass is 333 g/mol. The van der Waals surface area contributed by atoms with Crippen LogP contribution in [0.3, 0.4) is 0 Å². The van der Waals surface area contributed by atoms with Gasteiger partial charge in [0.15, 0.2) is 0 Å². The Labute approximate surface area is 140 Å². The molecule has 2 aromatic rings. The minimum absolute atomic E-state index is 0.149. The summed E-state index contributed by atoms with van der Waals surface area (Å²) < 4.78 is 5.37. The van der Waals surface area contributed by atoms with Crippen molar-refractivity contribution in [3.05, 3.63) is 35.2 Å². The molecule has 2 aliphatic heterocycles. The molecule has 1 aromatic heterocycles. The number of halogens is 1. The molecular formula is C17H20ClN3O2. The quantitative estimate of drug-likeness (QED) is 0.913. The van der Waals surface area contributed by atoms with Crippen molar-refractivity contribution >= 4 is 22.5 Å². The zero-order valence-electron chi connectivity index (χ0n) is 12.9. The van der Waals surface area contributed by atoms with Gasteiger partial charge < -0.3 is 9.84 Å². The molecule has 6 heteroatoms. The maximum atomic E-state index is 9.98. The third-order valence-electron chi connectivity index (χ3n) is 5.08. The molecule has 0 bridgehead atoms. The van der Waals surface area contributed by atoms with Crippen LogP contribution in [0.2, 0.25) is 5.02 Å². The minimum atomic E-state index is -0.354. The molecule has 3 heterocycles. The first-order valence-electron chi connectivity index (χ1n) is 8.11. The van der Waals surface area contributed by atoms with E-state index in [0.717, 1.165) is 41.9 Å². The Hall–Kier alpha value is -1.27. The van der Waals surface area contributed by atoms with Crippen molar-refractivity contribution in [1.82, 2.24) is 14.9 Å². The fraction of sp³-hybridized carbons (Fsp3) is 0.529. The molecule has 5 nitrogen and oxygen atoms in total. The Morgan fingerprint density at radius 1 is 1.22 bits per heavy atom. The molecule has 1 aromatic carbocycles. The molecule has 0 aliphatic carbocycles. The van der Waals surface area contributed by atoms with Crippen LogP contribution in [0.4, 0.5) is 0 Å². The van der Waals surface area contributed by atoms with E-state index in [0.29, 0.717) is 19.1 Å². The highest BCUT2D eigenvalue weighted by Crippen LogP contribution is 2.35. The predicted molar refractivity (Wildman–Crippen MR) is 88.7 cm³/mol. The number of piperidine rings is 1. The molecule has 2 fully saturated rings. The third-order valence-corrected chi connectivity index (χ3v) is 5.41. The van der Waals surface area contributed by atoms with Crippen LogP contribution in [0.1, 0.15) is 24.3 Å². The first kappa shape index (κ1) is 15.3. The number of benzene rings is 1. The number of aliphatic hydroxyl groups is 1. The summed E-state index contributed by atoms with van der Waals surface area (Å²) in [6.07, 6.45) is 5.10. The van der Waals surface area contributed by atoms with E-state index in [2.05, 4.69) is 20.9 Å². The van der Waals surface area contributed by atoms with E-state index in [9.17, 15) is 5.11 Å². The zero-order valence-corrected chi connectivity index (χ0v) is 13.6. The van der Waals surface area contributed by atoms with Gasteiger partial charge >= 0.3 is 0 Å². The number of nitrogens with zero attached hydrogens (tertiary/aromatic N) is 3. The van der Waals surface area contributed by atoms with Gasteiger partial charge in [-0.05, 0) is 49.5 Å². The lowest BCUT2D eigenvalue weighted by atomic mass is 9.88. The van der Waals surface area contributed by atoms with Gasteiger partial charge in [-0.1, -0.05) is 11.6 Å². The second-order valence-corrected chi connectivity index (χ2v) is 6.84. The van der Waals surface area contributed by atoms with E-state index in [-0.39, 0.29) is 12.1 Å². The van der Waals surface area contributed by atoms with Gasteiger partial charge in [-0.3, -0.25) is 4.90 Å². The average molecular weight is 334 g/mol. The number of hydrogen-bond donors (Lipinski definition) is 1. The van der Waals surface area contributed by atoms with E-state index >= 15 is 0 Å². The molecule has 0 spiro atoms.